The van der Waals surface area contributed by atoms with Gasteiger partial charge in [0.15, 0.2) is 11.6 Å². The fourth-order valence-corrected chi connectivity index (χ4v) is 3.03. The van der Waals surface area contributed by atoms with E-state index in [-0.39, 0.29) is 6.04 Å². The van der Waals surface area contributed by atoms with E-state index in [1.54, 1.807) is 12.1 Å². The minimum atomic E-state index is -0.798. The van der Waals surface area contributed by atoms with Gasteiger partial charge in [0.05, 0.1) is 6.04 Å². The number of halogens is 2. The fourth-order valence-electron chi connectivity index (χ4n) is 3.03. The highest BCUT2D eigenvalue weighted by molar-refractivity contribution is 5.23. The summed E-state index contributed by atoms with van der Waals surface area (Å²) in [6.07, 6.45) is 2.26. The summed E-state index contributed by atoms with van der Waals surface area (Å²) in [6.45, 7) is 5.54. The number of nitrogens with two attached hydrogens (primary N) is 1. The molecule has 1 saturated heterocycles. The molecule has 3 atom stereocenters. The Bertz CT molecular complexity index is 436. The van der Waals surface area contributed by atoms with Gasteiger partial charge in [-0.25, -0.2) is 8.78 Å². The highest BCUT2D eigenvalue weighted by Crippen LogP contribution is 2.32. The normalized spacial score (nSPS) is 26.4. The topological polar surface area (TPSA) is 29.3 Å². The maximum Gasteiger partial charge on any atom is 0.163 e. The average Bonchev–Trinajstić information content (AvgIpc) is 2.40. The smallest absolute Gasteiger partial charge is 0.163 e. The van der Waals surface area contributed by atoms with Crippen LogP contribution in [0.4, 0.5) is 8.78 Å². The van der Waals surface area contributed by atoms with Crippen LogP contribution < -0.4 is 5.73 Å². The molecule has 1 fully saturated rings. The van der Waals surface area contributed by atoms with Crippen LogP contribution in [0, 0.1) is 17.6 Å². The molecule has 0 aliphatic carbocycles. The maximum atomic E-state index is 14.0. The predicted molar refractivity (Wildman–Crippen MR) is 72.7 cm³/mol. The van der Waals surface area contributed by atoms with Crippen LogP contribution in [-0.2, 0) is 0 Å². The number of hydrogen-bond donors (Lipinski definition) is 1. The van der Waals surface area contributed by atoms with Gasteiger partial charge in [-0.15, -0.1) is 0 Å². The van der Waals surface area contributed by atoms with E-state index in [0.717, 1.165) is 19.0 Å². The molecule has 2 nitrogen and oxygen atoms in total. The zero-order valence-corrected chi connectivity index (χ0v) is 11.6. The lowest BCUT2D eigenvalue weighted by Gasteiger charge is -2.42. The van der Waals surface area contributed by atoms with Gasteiger partial charge < -0.3 is 5.73 Å². The molecule has 0 amide bonds. The van der Waals surface area contributed by atoms with Crippen molar-refractivity contribution in [2.45, 2.75) is 38.8 Å². The van der Waals surface area contributed by atoms with Crippen LogP contribution in [0.25, 0.3) is 0 Å². The third-order valence-corrected chi connectivity index (χ3v) is 4.39. The summed E-state index contributed by atoms with van der Waals surface area (Å²) in [5, 5.41) is 0. The van der Waals surface area contributed by atoms with Crippen LogP contribution >= 0.6 is 0 Å². The largest absolute Gasteiger partial charge is 0.329 e. The molecule has 0 saturated carbocycles. The van der Waals surface area contributed by atoms with E-state index >= 15 is 0 Å². The Hall–Kier alpha value is -1.00. The SMILES string of the molecule is CC1CCCN(C(CN)c2cccc(F)c2F)C1C. The van der Waals surface area contributed by atoms with Crippen molar-refractivity contribution in [3.63, 3.8) is 0 Å². The summed E-state index contributed by atoms with van der Waals surface area (Å²) < 4.78 is 27.3. The maximum absolute atomic E-state index is 14.0. The van der Waals surface area contributed by atoms with Crippen LogP contribution in [0.5, 0.6) is 0 Å². The molecule has 1 heterocycles. The molecule has 1 aromatic rings. The lowest BCUT2D eigenvalue weighted by molar-refractivity contribution is 0.0691. The summed E-state index contributed by atoms with van der Waals surface area (Å²) in [7, 11) is 0. The minimum absolute atomic E-state index is 0.242. The molecular weight excluding hydrogens is 246 g/mol. The Labute approximate surface area is 113 Å². The second-order valence-electron chi connectivity index (χ2n) is 5.49. The van der Waals surface area contributed by atoms with Crippen LogP contribution in [-0.4, -0.2) is 24.0 Å². The van der Waals surface area contributed by atoms with Gasteiger partial charge in [0.1, 0.15) is 0 Å². The molecule has 2 N–H and O–H groups in total. The van der Waals surface area contributed by atoms with Crippen LogP contribution in [0.1, 0.15) is 38.3 Å². The first-order valence-electron chi connectivity index (χ1n) is 6.96. The number of hydrogen-bond acceptors (Lipinski definition) is 2. The molecule has 1 aliphatic heterocycles. The predicted octanol–water partition coefficient (Wildman–Crippen LogP) is 3.09. The van der Waals surface area contributed by atoms with Gasteiger partial charge in [0.25, 0.3) is 0 Å². The van der Waals surface area contributed by atoms with Gasteiger partial charge in [0, 0.05) is 18.2 Å². The van der Waals surface area contributed by atoms with Crippen molar-refractivity contribution < 1.29 is 8.78 Å². The molecular formula is C15H22F2N2. The Balaban J connectivity index is 2.31. The molecule has 1 aromatic carbocycles. The molecule has 0 aromatic heterocycles. The van der Waals surface area contributed by atoms with Gasteiger partial charge in [0.2, 0.25) is 0 Å². The van der Waals surface area contributed by atoms with Gasteiger partial charge >= 0.3 is 0 Å². The monoisotopic (exact) mass is 268 g/mol. The van der Waals surface area contributed by atoms with Crippen molar-refractivity contribution >= 4 is 0 Å². The summed E-state index contributed by atoms with van der Waals surface area (Å²) in [6, 6.07) is 4.43. The third kappa shape index (κ3) is 2.79. The van der Waals surface area contributed by atoms with E-state index in [9.17, 15) is 8.78 Å². The van der Waals surface area contributed by atoms with Gasteiger partial charge in [-0.2, -0.15) is 0 Å². The molecule has 106 valence electrons. The number of piperidine rings is 1. The van der Waals surface area contributed by atoms with Crippen LogP contribution in [0.2, 0.25) is 0 Å². The lowest BCUT2D eigenvalue weighted by atomic mass is 9.89. The highest BCUT2D eigenvalue weighted by atomic mass is 19.2. The molecule has 0 spiro atoms. The van der Waals surface area contributed by atoms with E-state index in [1.165, 1.54) is 6.42 Å². The van der Waals surface area contributed by atoms with Gasteiger partial charge in [-0.3, -0.25) is 4.90 Å². The number of likely N-dealkylation sites (tertiary alicyclic amines) is 1. The summed E-state index contributed by atoms with van der Waals surface area (Å²) in [5.74, 6) is -1.00. The molecule has 0 radical (unpaired) electrons. The minimum Gasteiger partial charge on any atom is -0.329 e. The molecule has 2 rings (SSSR count). The van der Waals surface area contributed by atoms with Crippen molar-refractivity contribution in [3.8, 4) is 0 Å². The number of rotatable bonds is 3. The first kappa shape index (κ1) is 14.4. The van der Waals surface area contributed by atoms with Crippen molar-refractivity contribution in [1.82, 2.24) is 4.90 Å². The van der Waals surface area contributed by atoms with Gasteiger partial charge in [-0.05, 0) is 38.3 Å². The second-order valence-corrected chi connectivity index (χ2v) is 5.49. The molecule has 19 heavy (non-hydrogen) atoms. The van der Waals surface area contributed by atoms with Crippen molar-refractivity contribution in [2.24, 2.45) is 11.7 Å². The average molecular weight is 268 g/mol. The quantitative estimate of drug-likeness (QED) is 0.912. The highest BCUT2D eigenvalue weighted by Gasteiger charge is 2.32. The van der Waals surface area contributed by atoms with Crippen molar-refractivity contribution in [2.75, 3.05) is 13.1 Å². The van der Waals surface area contributed by atoms with Crippen molar-refractivity contribution in [3.05, 3.63) is 35.4 Å². The Morgan fingerprint density at radius 1 is 1.37 bits per heavy atom. The zero-order chi connectivity index (χ0) is 14.0. The van der Waals surface area contributed by atoms with Crippen LogP contribution in [0.15, 0.2) is 18.2 Å². The van der Waals surface area contributed by atoms with E-state index in [4.69, 9.17) is 5.73 Å². The van der Waals surface area contributed by atoms with Gasteiger partial charge in [-0.1, -0.05) is 19.1 Å². The third-order valence-electron chi connectivity index (χ3n) is 4.39. The summed E-state index contributed by atoms with van der Waals surface area (Å²) >= 11 is 0. The first-order chi connectivity index (χ1) is 9.06. The molecule has 0 bridgehead atoms. The van der Waals surface area contributed by atoms with E-state index in [0.29, 0.717) is 24.1 Å². The number of nitrogens with zero attached hydrogens (tertiary/aromatic N) is 1. The fraction of sp³-hybridized carbons (Fsp3) is 0.600. The van der Waals surface area contributed by atoms with Crippen LogP contribution in [0.3, 0.4) is 0 Å². The molecule has 4 heteroatoms. The van der Waals surface area contributed by atoms with E-state index < -0.39 is 11.6 Å². The Morgan fingerprint density at radius 3 is 2.79 bits per heavy atom. The lowest BCUT2D eigenvalue weighted by Crippen LogP contribution is -2.46. The summed E-state index contributed by atoms with van der Waals surface area (Å²) in [5.41, 5.74) is 6.21. The Morgan fingerprint density at radius 2 is 2.11 bits per heavy atom. The second kappa shape index (κ2) is 5.97. The zero-order valence-electron chi connectivity index (χ0n) is 11.6. The summed E-state index contributed by atoms with van der Waals surface area (Å²) in [4.78, 5) is 2.21. The van der Waals surface area contributed by atoms with E-state index in [2.05, 4.69) is 18.7 Å². The number of benzene rings is 1. The molecule has 1 aliphatic rings. The van der Waals surface area contributed by atoms with Crippen molar-refractivity contribution in [1.29, 1.82) is 0 Å². The Kier molecular flexibility index (Phi) is 4.53. The molecule has 3 unspecified atom stereocenters. The standard InChI is InChI=1S/C15H22F2N2/c1-10-5-4-8-19(11(10)2)14(9-18)12-6-3-7-13(16)15(12)17/h3,6-7,10-11,14H,4-5,8-9,18H2,1-2H3. The van der Waals surface area contributed by atoms with E-state index in [1.807, 2.05) is 0 Å². The first-order valence-corrected chi connectivity index (χ1v) is 6.96.